The maximum Gasteiger partial charge on any atom is 0.231 e. The maximum absolute atomic E-state index is 11.8. The van der Waals surface area contributed by atoms with Crippen LogP contribution in [-0.2, 0) is 11.2 Å². The van der Waals surface area contributed by atoms with Crippen molar-refractivity contribution in [3.05, 3.63) is 22.4 Å². The summed E-state index contributed by atoms with van der Waals surface area (Å²) < 4.78 is 0. The van der Waals surface area contributed by atoms with Gasteiger partial charge in [-0.1, -0.05) is 18.3 Å². The van der Waals surface area contributed by atoms with E-state index in [4.69, 9.17) is 18.0 Å². The summed E-state index contributed by atoms with van der Waals surface area (Å²) in [5.41, 5.74) is 5.45. The van der Waals surface area contributed by atoms with Crippen molar-refractivity contribution in [2.24, 2.45) is 11.7 Å². The van der Waals surface area contributed by atoms with Crippen molar-refractivity contribution >= 4 is 34.5 Å². The summed E-state index contributed by atoms with van der Waals surface area (Å²) in [5.74, 6) is -0.382. The topological polar surface area (TPSA) is 46.3 Å². The summed E-state index contributed by atoms with van der Waals surface area (Å²) in [5, 5.41) is 2.04. The second-order valence-electron chi connectivity index (χ2n) is 3.71. The van der Waals surface area contributed by atoms with Gasteiger partial charge in [0, 0.05) is 18.5 Å². The summed E-state index contributed by atoms with van der Waals surface area (Å²) in [6, 6.07) is 4.08. The van der Waals surface area contributed by atoms with E-state index in [0.717, 1.165) is 6.42 Å². The Morgan fingerprint density at radius 1 is 1.69 bits per heavy atom. The number of carbonyl (C=O) groups is 1. The predicted molar refractivity (Wildman–Crippen MR) is 71.6 cm³/mol. The third-order valence-electron chi connectivity index (χ3n) is 2.45. The summed E-state index contributed by atoms with van der Waals surface area (Å²) >= 11 is 6.51. The Balaban J connectivity index is 2.43. The largest absolute Gasteiger partial charge is 0.393 e. The third-order valence-corrected chi connectivity index (χ3v) is 3.74. The van der Waals surface area contributed by atoms with Gasteiger partial charge in [-0.2, -0.15) is 0 Å². The number of amides is 1. The zero-order chi connectivity index (χ0) is 12.1. The van der Waals surface area contributed by atoms with Gasteiger partial charge in [0.25, 0.3) is 0 Å². The molecular formula is C11H16N2OS2. The maximum atomic E-state index is 11.8. The van der Waals surface area contributed by atoms with Crippen LogP contribution in [0.4, 0.5) is 0 Å². The SMILES string of the molecule is CC(C(=O)N(C)CCc1cccs1)C(N)=S. The fraction of sp³-hybridized carbons (Fsp3) is 0.455. The molecule has 2 N–H and O–H groups in total. The number of carbonyl (C=O) groups excluding carboxylic acids is 1. The molecule has 1 aromatic rings. The smallest absolute Gasteiger partial charge is 0.231 e. The van der Waals surface area contributed by atoms with E-state index in [2.05, 4.69) is 6.07 Å². The van der Waals surface area contributed by atoms with Gasteiger partial charge in [-0.25, -0.2) is 0 Å². The highest BCUT2D eigenvalue weighted by Crippen LogP contribution is 2.10. The summed E-state index contributed by atoms with van der Waals surface area (Å²) in [7, 11) is 1.78. The lowest BCUT2D eigenvalue weighted by molar-refractivity contribution is -0.131. The summed E-state index contributed by atoms with van der Waals surface area (Å²) in [6.45, 7) is 2.44. The van der Waals surface area contributed by atoms with Crippen molar-refractivity contribution in [3.63, 3.8) is 0 Å². The van der Waals surface area contributed by atoms with Crippen molar-refractivity contribution in [2.75, 3.05) is 13.6 Å². The molecule has 1 unspecified atom stereocenters. The van der Waals surface area contributed by atoms with E-state index in [9.17, 15) is 4.79 Å². The fourth-order valence-electron chi connectivity index (χ4n) is 1.30. The van der Waals surface area contributed by atoms with Crippen molar-refractivity contribution in [1.29, 1.82) is 0 Å². The van der Waals surface area contributed by atoms with Crippen LogP contribution in [0.15, 0.2) is 17.5 Å². The molecule has 0 spiro atoms. The molecule has 0 fully saturated rings. The second kappa shape index (κ2) is 5.96. The van der Waals surface area contributed by atoms with Gasteiger partial charge < -0.3 is 10.6 Å². The number of rotatable bonds is 5. The Labute approximate surface area is 105 Å². The number of likely N-dealkylation sites (N-methyl/N-ethyl adjacent to an activating group) is 1. The molecule has 1 atom stereocenters. The predicted octanol–water partition coefficient (Wildman–Crippen LogP) is 1.67. The average molecular weight is 256 g/mol. The van der Waals surface area contributed by atoms with Crippen LogP contribution in [0.5, 0.6) is 0 Å². The first-order valence-corrected chi connectivity index (χ1v) is 6.38. The Morgan fingerprint density at radius 2 is 2.38 bits per heavy atom. The molecular weight excluding hydrogens is 240 g/mol. The highest BCUT2D eigenvalue weighted by atomic mass is 32.1. The number of nitrogens with zero attached hydrogens (tertiary/aromatic N) is 1. The van der Waals surface area contributed by atoms with Gasteiger partial charge in [-0.15, -0.1) is 11.3 Å². The highest BCUT2D eigenvalue weighted by molar-refractivity contribution is 7.80. The molecule has 0 aromatic carbocycles. The lowest BCUT2D eigenvalue weighted by Gasteiger charge is -2.20. The monoisotopic (exact) mass is 256 g/mol. The molecule has 0 bridgehead atoms. The minimum atomic E-state index is -0.372. The molecule has 88 valence electrons. The number of hydrogen-bond acceptors (Lipinski definition) is 3. The van der Waals surface area contributed by atoms with Crippen molar-refractivity contribution < 1.29 is 4.79 Å². The zero-order valence-electron chi connectivity index (χ0n) is 9.47. The Bertz CT molecular complexity index is 362. The van der Waals surface area contributed by atoms with E-state index in [-0.39, 0.29) is 16.8 Å². The zero-order valence-corrected chi connectivity index (χ0v) is 11.1. The van der Waals surface area contributed by atoms with E-state index in [1.165, 1.54) is 4.88 Å². The van der Waals surface area contributed by atoms with Crippen molar-refractivity contribution in [1.82, 2.24) is 4.90 Å². The minimum Gasteiger partial charge on any atom is -0.393 e. The number of thiocarbonyl (C=S) groups is 1. The molecule has 3 nitrogen and oxygen atoms in total. The van der Waals surface area contributed by atoms with Gasteiger partial charge in [0.05, 0.1) is 10.9 Å². The van der Waals surface area contributed by atoms with Gasteiger partial charge in [-0.05, 0) is 24.8 Å². The second-order valence-corrected chi connectivity index (χ2v) is 5.22. The van der Waals surface area contributed by atoms with Gasteiger partial charge in [0.15, 0.2) is 0 Å². The molecule has 1 aromatic heterocycles. The van der Waals surface area contributed by atoms with Crippen LogP contribution in [-0.4, -0.2) is 29.4 Å². The Hall–Kier alpha value is -0.940. The van der Waals surface area contributed by atoms with Crippen LogP contribution < -0.4 is 5.73 Å². The Morgan fingerprint density at radius 3 is 2.88 bits per heavy atom. The molecule has 16 heavy (non-hydrogen) atoms. The van der Waals surface area contributed by atoms with Crippen LogP contribution in [0.25, 0.3) is 0 Å². The molecule has 5 heteroatoms. The van der Waals surface area contributed by atoms with Gasteiger partial charge >= 0.3 is 0 Å². The van der Waals surface area contributed by atoms with Crippen molar-refractivity contribution in [3.8, 4) is 0 Å². The Kier molecular flexibility index (Phi) is 4.89. The average Bonchev–Trinajstić information content (AvgIpc) is 2.76. The molecule has 0 radical (unpaired) electrons. The summed E-state index contributed by atoms with van der Waals surface area (Å²) in [4.78, 5) is 15.0. The van der Waals surface area contributed by atoms with Gasteiger partial charge in [0.1, 0.15) is 0 Å². The summed E-state index contributed by atoms with van der Waals surface area (Å²) in [6.07, 6.45) is 0.879. The molecule has 1 heterocycles. The first-order chi connectivity index (χ1) is 7.52. The van der Waals surface area contributed by atoms with Crippen LogP contribution in [0.2, 0.25) is 0 Å². The highest BCUT2D eigenvalue weighted by Gasteiger charge is 2.19. The number of hydrogen-bond donors (Lipinski definition) is 1. The first kappa shape index (κ1) is 13.1. The quantitative estimate of drug-likeness (QED) is 0.815. The number of nitrogens with two attached hydrogens (primary N) is 1. The first-order valence-electron chi connectivity index (χ1n) is 5.09. The van der Waals surface area contributed by atoms with E-state index in [1.807, 2.05) is 11.4 Å². The standard InChI is InChI=1S/C11H16N2OS2/c1-8(10(12)15)11(14)13(2)6-5-9-4-3-7-16-9/h3-4,7-8H,5-6H2,1-2H3,(H2,12,15). The molecule has 0 saturated carbocycles. The molecule has 0 aliphatic heterocycles. The fourth-order valence-corrected chi connectivity index (χ4v) is 2.09. The molecule has 1 rings (SSSR count). The van der Waals surface area contributed by atoms with Crippen LogP contribution in [0.1, 0.15) is 11.8 Å². The molecule has 0 aliphatic rings. The van der Waals surface area contributed by atoms with E-state index in [0.29, 0.717) is 6.54 Å². The van der Waals surface area contributed by atoms with Gasteiger partial charge in [0.2, 0.25) is 5.91 Å². The molecule has 0 aliphatic carbocycles. The third kappa shape index (κ3) is 3.57. The minimum absolute atomic E-state index is 0.0101. The van der Waals surface area contributed by atoms with Gasteiger partial charge in [-0.3, -0.25) is 4.79 Å². The lowest BCUT2D eigenvalue weighted by atomic mass is 10.1. The van der Waals surface area contributed by atoms with Crippen LogP contribution in [0, 0.1) is 5.92 Å². The van der Waals surface area contributed by atoms with E-state index in [1.54, 1.807) is 30.2 Å². The van der Waals surface area contributed by atoms with E-state index < -0.39 is 0 Å². The lowest BCUT2D eigenvalue weighted by Crippen LogP contribution is -2.38. The van der Waals surface area contributed by atoms with Crippen LogP contribution >= 0.6 is 23.6 Å². The van der Waals surface area contributed by atoms with Crippen molar-refractivity contribution in [2.45, 2.75) is 13.3 Å². The van der Waals surface area contributed by atoms with Crippen LogP contribution in [0.3, 0.4) is 0 Å². The normalized spacial score (nSPS) is 12.1. The number of thiophene rings is 1. The molecule has 1 amide bonds. The van der Waals surface area contributed by atoms with E-state index >= 15 is 0 Å². The molecule has 0 saturated heterocycles.